The van der Waals surface area contributed by atoms with Crippen LogP contribution in [0.4, 0.5) is 10.1 Å². The molecule has 0 radical (unpaired) electrons. The molecular formula is C16H11BrFNO4. The molecule has 0 aliphatic carbocycles. The topological polar surface area (TPSA) is 69.4 Å². The number of benzene rings is 2. The molecular weight excluding hydrogens is 369 g/mol. The Balaban J connectivity index is 2.01. The van der Waals surface area contributed by atoms with Crippen molar-refractivity contribution in [3.63, 3.8) is 0 Å². The van der Waals surface area contributed by atoms with Crippen LogP contribution in [0.2, 0.25) is 0 Å². The highest BCUT2D eigenvalue weighted by atomic mass is 79.9. The van der Waals surface area contributed by atoms with Crippen molar-refractivity contribution in [3.8, 4) is 0 Å². The second-order valence-electron chi connectivity index (χ2n) is 4.49. The van der Waals surface area contributed by atoms with Crippen molar-refractivity contribution in [3.05, 3.63) is 80.1 Å². The third kappa shape index (κ3) is 4.72. The van der Waals surface area contributed by atoms with Gasteiger partial charge in [-0.3, -0.25) is 10.1 Å². The van der Waals surface area contributed by atoms with E-state index in [9.17, 15) is 19.3 Å². The fraction of sp³-hybridized carbons (Fsp3) is 0.0625. The first kappa shape index (κ1) is 16.8. The van der Waals surface area contributed by atoms with Gasteiger partial charge < -0.3 is 4.74 Å². The third-order valence-electron chi connectivity index (χ3n) is 2.92. The summed E-state index contributed by atoms with van der Waals surface area (Å²) in [6, 6.07) is 10.4. The summed E-state index contributed by atoms with van der Waals surface area (Å²) in [4.78, 5) is 22.0. The van der Waals surface area contributed by atoms with E-state index in [-0.39, 0.29) is 23.4 Å². The Kier molecular flexibility index (Phi) is 5.59. The van der Waals surface area contributed by atoms with Gasteiger partial charge in [-0.05, 0) is 24.3 Å². The predicted molar refractivity (Wildman–Crippen MR) is 86.0 cm³/mol. The summed E-state index contributed by atoms with van der Waals surface area (Å²) < 4.78 is 19.1. The molecule has 7 heteroatoms. The van der Waals surface area contributed by atoms with Crippen LogP contribution in [0, 0.1) is 15.9 Å². The van der Waals surface area contributed by atoms with E-state index in [4.69, 9.17) is 4.74 Å². The minimum Gasteiger partial charge on any atom is -0.458 e. The molecule has 0 fully saturated rings. The van der Waals surface area contributed by atoms with Gasteiger partial charge in [-0.25, -0.2) is 9.18 Å². The van der Waals surface area contributed by atoms with Gasteiger partial charge in [-0.1, -0.05) is 34.1 Å². The van der Waals surface area contributed by atoms with Gasteiger partial charge in [0, 0.05) is 22.2 Å². The zero-order valence-electron chi connectivity index (χ0n) is 11.7. The average molecular weight is 380 g/mol. The lowest BCUT2D eigenvalue weighted by atomic mass is 10.1. The number of ether oxygens (including phenoxy) is 1. The van der Waals surface area contributed by atoms with E-state index in [1.165, 1.54) is 36.4 Å². The Morgan fingerprint density at radius 2 is 2.04 bits per heavy atom. The van der Waals surface area contributed by atoms with Gasteiger partial charge in [0.1, 0.15) is 12.4 Å². The molecule has 0 aliphatic rings. The van der Waals surface area contributed by atoms with Gasteiger partial charge in [0.2, 0.25) is 0 Å². The quantitative estimate of drug-likeness (QED) is 0.337. The van der Waals surface area contributed by atoms with Gasteiger partial charge >= 0.3 is 5.97 Å². The molecule has 0 unspecified atom stereocenters. The molecule has 118 valence electrons. The fourth-order valence-electron chi connectivity index (χ4n) is 1.79. The number of carbonyl (C=O) groups is 1. The Hall–Kier alpha value is -2.54. The Morgan fingerprint density at radius 1 is 1.30 bits per heavy atom. The highest BCUT2D eigenvalue weighted by Gasteiger charge is 2.10. The summed E-state index contributed by atoms with van der Waals surface area (Å²) in [5, 5.41) is 10.9. The van der Waals surface area contributed by atoms with Crippen molar-refractivity contribution in [2.24, 2.45) is 0 Å². The molecule has 0 amide bonds. The maximum absolute atomic E-state index is 13.6. The van der Waals surface area contributed by atoms with E-state index in [1.807, 2.05) is 0 Å². The minimum atomic E-state index is -0.717. The lowest BCUT2D eigenvalue weighted by Crippen LogP contribution is -2.02. The van der Waals surface area contributed by atoms with Gasteiger partial charge in [0.25, 0.3) is 5.69 Å². The van der Waals surface area contributed by atoms with E-state index in [1.54, 1.807) is 12.1 Å². The van der Waals surface area contributed by atoms with E-state index >= 15 is 0 Å². The molecule has 0 aromatic heterocycles. The van der Waals surface area contributed by atoms with E-state index in [0.29, 0.717) is 4.47 Å². The van der Waals surface area contributed by atoms with Crippen molar-refractivity contribution in [2.45, 2.75) is 6.61 Å². The van der Waals surface area contributed by atoms with Crippen molar-refractivity contribution < 1.29 is 18.8 Å². The summed E-state index contributed by atoms with van der Waals surface area (Å²) in [5.74, 6) is -1.21. The molecule has 2 aromatic rings. The molecule has 0 atom stereocenters. The smallest absolute Gasteiger partial charge is 0.331 e. The van der Waals surface area contributed by atoms with Gasteiger partial charge in [0.15, 0.2) is 0 Å². The number of para-hydroxylation sites is 1. The summed E-state index contributed by atoms with van der Waals surface area (Å²) in [6.07, 6.45) is 2.36. The second kappa shape index (κ2) is 7.64. The molecule has 0 heterocycles. The van der Waals surface area contributed by atoms with Crippen molar-refractivity contribution in [2.75, 3.05) is 0 Å². The number of nitro benzene ring substituents is 1. The van der Waals surface area contributed by atoms with Crippen LogP contribution in [0.3, 0.4) is 0 Å². The summed E-state index contributed by atoms with van der Waals surface area (Å²) in [7, 11) is 0. The molecule has 0 saturated heterocycles. The summed E-state index contributed by atoms with van der Waals surface area (Å²) in [5.41, 5.74) is 0.403. The maximum atomic E-state index is 13.6. The molecule has 5 nitrogen and oxygen atoms in total. The Labute approximate surface area is 139 Å². The third-order valence-corrected chi connectivity index (χ3v) is 3.41. The first-order valence-electron chi connectivity index (χ1n) is 6.49. The van der Waals surface area contributed by atoms with Crippen LogP contribution in [0.5, 0.6) is 0 Å². The summed E-state index contributed by atoms with van der Waals surface area (Å²) in [6.45, 7) is -0.223. The lowest BCUT2D eigenvalue weighted by molar-refractivity contribution is -0.385. The molecule has 0 aliphatic heterocycles. The molecule has 0 bridgehead atoms. The molecule has 0 N–H and O–H groups in total. The molecule has 23 heavy (non-hydrogen) atoms. The van der Waals surface area contributed by atoms with Crippen LogP contribution in [-0.4, -0.2) is 10.9 Å². The fourth-order valence-corrected chi connectivity index (χ4v) is 2.12. The van der Waals surface area contributed by atoms with Crippen LogP contribution in [0.25, 0.3) is 6.08 Å². The number of hydrogen-bond donors (Lipinski definition) is 0. The molecule has 0 spiro atoms. The SMILES string of the molecule is O=C(/C=C/c1ccccc1[N+](=O)[O-])OCc1ccc(Br)cc1F. The van der Waals surface area contributed by atoms with Gasteiger partial charge in [0.05, 0.1) is 10.5 Å². The monoisotopic (exact) mass is 379 g/mol. The number of nitro groups is 1. The van der Waals surface area contributed by atoms with Crippen molar-refractivity contribution >= 4 is 33.7 Å². The zero-order chi connectivity index (χ0) is 16.8. The maximum Gasteiger partial charge on any atom is 0.331 e. The Morgan fingerprint density at radius 3 is 2.74 bits per heavy atom. The second-order valence-corrected chi connectivity index (χ2v) is 5.41. The number of halogens is 2. The van der Waals surface area contributed by atoms with E-state index in [0.717, 1.165) is 6.08 Å². The molecule has 2 rings (SSSR count). The first-order chi connectivity index (χ1) is 11.0. The van der Waals surface area contributed by atoms with Crippen LogP contribution >= 0.6 is 15.9 Å². The average Bonchev–Trinajstić information content (AvgIpc) is 2.52. The summed E-state index contributed by atoms with van der Waals surface area (Å²) >= 11 is 3.13. The normalized spacial score (nSPS) is 10.7. The van der Waals surface area contributed by atoms with Crippen molar-refractivity contribution in [1.82, 2.24) is 0 Å². The number of rotatable bonds is 5. The number of esters is 1. The molecule has 2 aromatic carbocycles. The van der Waals surface area contributed by atoms with Crippen LogP contribution in [0.15, 0.2) is 53.0 Å². The lowest BCUT2D eigenvalue weighted by Gasteiger charge is -2.04. The van der Waals surface area contributed by atoms with Crippen LogP contribution in [-0.2, 0) is 16.1 Å². The predicted octanol–water partition coefficient (Wildman–Crippen LogP) is 4.25. The largest absolute Gasteiger partial charge is 0.458 e. The van der Waals surface area contributed by atoms with Gasteiger partial charge in [-0.2, -0.15) is 0 Å². The number of nitrogens with zero attached hydrogens (tertiary/aromatic N) is 1. The highest BCUT2D eigenvalue weighted by molar-refractivity contribution is 9.10. The van der Waals surface area contributed by atoms with Crippen molar-refractivity contribution in [1.29, 1.82) is 0 Å². The number of hydrogen-bond acceptors (Lipinski definition) is 4. The minimum absolute atomic E-state index is 0.115. The molecule has 0 saturated carbocycles. The van der Waals surface area contributed by atoms with Crippen LogP contribution < -0.4 is 0 Å². The first-order valence-corrected chi connectivity index (χ1v) is 7.29. The van der Waals surface area contributed by atoms with Crippen LogP contribution in [0.1, 0.15) is 11.1 Å². The van der Waals surface area contributed by atoms with E-state index in [2.05, 4.69) is 15.9 Å². The Bertz CT molecular complexity index is 776. The highest BCUT2D eigenvalue weighted by Crippen LogP contribution is 2.19. The standard InChI is InChI=1S/C16H11BrFNO4/c17-13-7-5-12(14(18)9-13)10-23-16(20)8-6-11-3-1-2-4-15(11)19(21)22/h1-9H,10H2/b8-6+. The van der Waals surface area contributed by atoms with E-state index < -0.39 is 16.7 Å². The van der Waals surface area contributed by atoms with Gasteiger partial charge in [-0.15, -0.1) is 0 Å². The zero-order valence-corrected chi connectivity index (χ0v) is 13.3. The number of carbonyl (C=O) groups excluding carboxylic acids is 1.